The van der Waals surface area contributed by atoms with Gasteiger partial charge in [-0.25, -0.2) is 4.68 Å². The number of furan rings is 1. The van der Waals surface area contributed by atoms with Crippen LogP contribution in [0.4, 0.5) is 17.1 Å². The Labute approximate surface area is 439 Å². The number of benzene rings is 3. The Morgan fingerprint density at radius 2 is 1.50 bits per heavy atom. The Morgan fingerprint density at radius 3 is 2.18 bits per heavy atom. The van der Waals surface area contributed by atoms with Gasteiger partial charge in [0.2, 0.25) is 5.91 Å². The number of nitro benzene ring substituents is 2. The molecule has 0 radical (unpaired) electrons. The van der Waals surface area contributed by atoms with Crippen LogP contribution in [0.25, 0.3) is 22.2 Å². The van der Waals surface area contributed by atoms with Crippen molar-refractivity contribution in [2.75, 3.05) is 51.8 Å². The number of fused-ring (bicyclic) bond motifs is 1. The number of non-ortho nitro benzene ring substituents is 1. The average Bonchev–Trinajstić information content (AvgIpc) is 4.17. The number of H-pyrrole nitrogens is 1. The van der Waals surface area contributed by atoms with E-state index < -0.39 is 43.8 Å². The molecule has 3 aromatic carbocycles. The quantitative estimate of drug-likeness (QED) is 0.0223. The predicted molar refractivity (Wildman–Crippen MR) is 282 cm³/mol. The van der Waals surface area contributed by atoms with Gasteiger partial charge in [0.1, 0.15) is 23.0 Å². The van der Waals surface area contributed by atoms with Crippen LogP contribution in [0.2, 0.25) is 0 Å². The topological polar surface area (TPSA) is 272 Å². The minimum atomic E-state index is -0.807. The average molecular weight is 1050 g/mol. The maximum atomic E-state index is 13.8. The van der Waals surface area contributed by atoms with Crippen LogP contribution in [0, 0.1) is 20.2 Å². The van der Waals surface area contributed by atoms with E-state index in [0.29, 0.717) is 84.9 Å². The first kappa shape index (κ1) is 55.8. The van der Waals surface area contributed by atoms with Gasteiger partial charge in [-0.1, -0.05) is 23.4 Å². The van der Waals surface area contributed by atoms with E-state index in [-0.39, 0.29) is 60.5 Å². The van der Waals surface area contributed by atoms with Gasteiger partial charge in [-0.05, 0) is 111 Å². The smallest absolute Gasteiger partial charge is 0.299 e. The van der Waals surface area contributed by atoms with Crippen molar-refractivity contribution in [1.29, 1.82) is 0 Å². The van der Waals surface area contributed by atoms with Crippen LogP contribution in [0.5, 0.6) is 5.75 Å². The molecular formula is C54H66N10O12. The number of ether oxygens (including phenoxy) is 3. The molecule has 3 aromatic heterocycles. The van der Waals surface area contributed by atoms with Crippen LogP contribution in [0.3, 0.4) is 0 Å². The van der Waals surface area contributed by atoms with E-state index in [0.717, 1.165) is 11.8 Å². The van der Waals surface area contributed by atoms with Crippen LogP contribution in [-0.4, -0.2) is 126 Å². The molecule has 404 valence electrons. The van der Waals surface area contributed by atoms with Crippen molar-refractivity contribution < 1.29 is 47.7 Å². The zero-order valence-corrected chi connectivity index (χ0v) is 44.4. The molecule has 1 aliphatic rings. The lowest BCUT2D eigenvalue weighted by Gasteiger charge is -2.34. The Morgan fingerprint density at radius 1 is 0.816 bits per heavy atom. The zero-order chi connectivity index (χ0) is 55.2. The fourth-order valence-corrected chi connectivity index (χ4v) is 8.96. The van der Waals surface area contributed by atoms with Crippen molar-refractivity contribution in [1.82, 2.24) is 35.1 Å². The van der Waals surface area contributed by atoms with E-state index in [4.69, 9.17) is 18.6 Å². The molecular weight excluding hydrogens is 981 g/mol. The molecule has 0 atom stereocenters. The van der Waals surface area contributed by atoms with Crippen molar-refractivity contribution in [3.8, 4) is 17.1 Å². The van der Waals surface area contributed by atoms with E-state index in [1.165, 1.54) is 30.3 Å². The molecule has 0 bridgehead atoms. The number of nitrogens with zero attached hydrogens (tertiary/aromatic N) is 7. The summed E-state index contributed by atoms with van der Waals surface area (Å²) in [5.74, 6) is -0.387. The van der Waals surface area contributed by atoms with E-state index >= 15 is 0 Å². The Hall–Kier alpha value is -7.98. The van der Waals surface area contributed by atoms with Crippen LogP contribution in [0.1, 0.15) is 107 Å². The molecule has 0 aliphatic carbocycles. The zero-order valence-electron chi connectivity index (χ0n) is 44.4. The number of aromatic amines is 1. The fourth-order valence-electron chi connectivity index (χ4n) is 8.96. The number of piperazine rings is 1. The summed E-state index contributed by atoms with van der Waals surface area (Å²) in [7, 11) is 1.49. The number of nitrogens with one attached hydrogen (secondary N) is 3. The van der Waals surface area contributed by atoms with Gasteiger partial charge < -0.3 is 44.0 Å². The highest BCUT2D eigenvalue weighted by molar-refractivity contribution is 6.45. The number of Topliss-reactive ketones (excluding diaryl/α,β-unsaturated/α-hetero) is 1. The molecule has 7 rings (SSSR count). The molecule has 0 saturated carbocycles. The Kier molecular flexibility index (Phi) is 16.8. The monoisotopic (exact) mass is 1050 g/mol. The second kappa shape index (κ2) is 22.9. The highest BCUT2D eigenvalue weighted by Gasteiger charge is 2.33. The molecule has 6 aromatic rings. The molecule has 0 spiro atoms. The first-order valence-electron chi connectivity index (χ1n) is 25.0. The summed E-state index contributed by atoms with van der Waals surface area (Å²) in [6, 6.07) is 19.5. The van der Waals surface area contributed by atoms with Gasteiger partial charge in [-0.15, -0.1) is 5.10 Å². The third kappa shape index (κ3) is 13.6. The largest absolute Gasteiger partial charge is 0.496 e. The summed E-state index contributed by atoms with van der Waals surface area (Å²) in [6.07, 6.45) is 4.93. The summed E-state index contributed by atoms with van der Waals surface area (Å²) in [4.78, 5) is 81.3. The summed E-state index contributed by atoms with van der Waals surface area (Å²) in [5.41, 5.74) is -0.568. The molecule has 22 nitrogen and oxygen atoms in total. The minimum Gasteiger partial charge on any atom is -0.496 e. The number of hydrogen-bond donors (Lipinski definition) is 3. The number of carbonyl (C=O) groups excluding carboxylic acids is 4. The number of anilines is 1. The third-order valence-electron chi connectivity index (χ3n) is 13.4. The van der Waals surface area contributed by atoms with E-state index in [2.05, 4.69) is 25.9 Å². The summed E-state index contributed by atoms with van der Waals surface area (Å²) in [5, 5.41) is 38.1. The summed E-state index contributed by atoms with van der Waals surface area (Å²) >= 11 is 0. The van der Waals surface area contributed by atoms with Crippen molar-refractivity contribution in [2.45, 2.75) is 110 Å². The Bertz CT molecular complexity index is 3090. The van der Waals surface area contributed by atoms with Crippen LogP contribution in [-0.2, 0) is 37.6 Å². The van der Waals surface area contributed by atoms with Crippen molar-refractivity contribution in [3.63, 3.8) is 0 Å². The summed E-state index contributed by atoms with van der Waals surface area (Å²) < 4.78 is 26.1. The molecule has 4 heterocycles. The van der Waals surface area contributed by atoms with E-state index in [1.54, 1.807) is 58.1 Å². The van der Waals surface area contributed by atoms with Gasteiger partial charge in [0.25, 0.3) is 29.0 Å². The molecule has 1 fully saturated rings. The molecule has 0 unspecified atom stereocenters. The van der Waals surface area contributed by atoms with Gasteiger partial charge in [0, 0.05) is 80.9 Å². The van der Waals surface area contributed by atoms with Crippen molar-refractivity contribution in [2.24, 2.45) is 0 Å². The fraction of sp³-hybridized carbons (Fsp3) is 0.444. The SMILES string of the molecule is COc1ccc(-c2ccc(CNC(=O)CC(C)(C)OCCC(C)(C)n3cc(CC(C)(C)OCCC(C)(C)Nc4ccc([N+](=O)[O-])cc4[N+](=O)[O-])nn3)o2)c2[nH]cc(C(=O)C(=O)N3CCN(C(=O)c4ccccc4)CC3)c12. The molecule has 1 aliphatic heterocycles. The molecule has 3 N–H and O–H groups in total. The normalized spacial score (nSPS) is 13.4. The van der Waals surface area contributed by atoms with Gasteiger partial charge >= 0.3 is 0 Å². The molecule has 22 heteroatoms. The predicted octanol–water partition coefficient (Wildman–Crippen LogP) is 8.26. The first-order valence-corrected chi connectivity index (χ1v) is 25.0. The summed E-state index contributed by atoms with van der Waals surface area (Å²) in [6.45, 7) is 17.1. The lowest BCUT2D eigenvalue weighted by atomic mass is 9.99. The van der Waals surface area contributed by atoms with Gasteiger partial charge in [0.15, 0.2) is 0 Å². The number of nitro groups is 2. The highest BCUT2D eigenvalue weighted by atomic mass is 16.6. The number of hydrogen-bond acceptors (Lipinski definition) is 15. The van der Waals surface area contributed by atoms with Crippen LogP contribution < -0.4 is 15.4 Å². The number of ketones is 1. The second-order valence-corrected chi connectivity index (χ2v) is 21.4. The molecule has 3 amide bonds. The minimum absolute atomic E-state index is 0.0758. The lowest BCUT2D eigenvalue weighted by Crippen LogP contribution is -2.52. The van der Waals surface area contributed by atoms with Gasteiger partial charge in [-0.3, -0.25) is 39.4 Å². The van der Waals surface area contributed by atoms with Gasteiger partial charge in [0.05, 0.1) is 74.9 Å². The third-order valence-corrected chi connectivity index (χ3v) is 13.4. The van der Waals surface area contributed by atoms with E-state index in [1.807, 2.05) is 67.7 Å². The standard InChI is InChI=1S/C54H66N10O12/c1-51(2,57-41-18-15-37(63(69)70)29-42(41)64(71)72)21-27-74-53(5,6)30-36-34-62(59-58-36)52(3,4)22-28-75-54(7,8)31-45(65)55-32-38-16-19-43(76-38)39-17-20-44(73-9)46-40(33-56-47(39)46)48(66)50(68)61-25-23-60(24-26-61)49(67)35-13-11-10-12-14-35/h10-20,29,33-34,56-57H,21-28,30-32H2,1-9H3,(H,55,65). The molecule has 1 saturated heterocycles. The Balaban J connectivity index is 0.860. The van der Waals surface area contributed by atoms with E-state index in [9.17, 15) is 39.4 Å². The van der Waals surface area contributed by atoms with Crippen LogP contribution in [0.15, 0.2) is 89.6 Å². The lowest BCUT2D eigenvalue weighted by molar-refractivity contribution is -0.393. The van der Waals surface area contributed by atoms with Crippen LogP contribution >= 0.6 is 0 Å². The number of methoxy groups -OCH3 is 1. The number of carbonyl (C=O) groups is 4. The number of rotatable bonds is 24. The van der Waals surface area contributed by atoms with Gasteiger partial charge in [-0.2, -0.15) is 0 Å². The first-order chi connectivity index (χ1) is 35.9. The number of amides is 3. The second-order valence-electron chi connectivity index (χ2n) is 21.4. The molecule has 76 heavy (non-hydrogen) atoms. The van der Waals surface area contributed by atoms with Crippen molar-refractivity contribution in [3.05, 3.63) is 128 Å². The number of aromatic nitrogens is 4. The maximum absolute atomic E-state index is 13.8. The maximum Gasteiger partial charge on any atom is 0.299 e. The van der Waals surface area contributed by atoms with Crippen molar-refractivity contribution >= 4 is 51.5 Å². The highest BCUT2D eigenvalue weighted by Crippen LogP contribution is 2.38.